The maximum Gasteiger partial charge on any atom is 0.126 e. The molecule has 0 saturated heterocycles. The fourth-order valence-electron chi connectivity index (χ4n) is 1.99. The number of nitrogens with two attached hydrogens (primary N) is 2. The summed E-state index contributed by atoms with van der Waals surface area (Å²) < 4.78 is 14.6. The van der Waals surface area contributed by atoms with E-state index in [1.54, 1.807) is 24.3 Å². The number of nitrogen functional groups attached to an aromatic ring is 1. The van der Waals surface area contributed by atoms with E-state index >= 15 is 0 Å². The second-order valence-corrected chi connectivity index (χ2v) is 5.20. The van der Waals surface area contributed by atoms with Crippen LogP contribution < -0.4 is 17.0 Å². The van der Waals surface area contributed by atoms with Gasteiger partial charge in [0.05, 0.1) is 6.04 Å². The first-order chi connectivity index (χ1) is 9.11. The minimum atomic E-state index is -0.241. The van der Waals surface area contributed by atoms with Crippen molar-refractivity contribution in [2.75, 3.05) is 5.73 Å². The lowest BCUT2D eigenvalue weighted by Crippen LogP contribution is -2.30. The van der Waals surface area contributed by atoms with Crippen LogP contribution >= 0.6 is 15.9 Å². The Hall–Kier alpha value is -1.43. The summed E-state index contributed by atoms with van der Waals surface area (Å²) >= 11 is 3.40. The monoisotopic (exact) mass is 323 g/mol. The number of benzene rings is 2. The van der Waals surface area contributed by atoms with E-state index in [1.165, 1.54) is 6.07 Å². The van der Waals surface area contributed by atoms with E-state index in [1.807, 2.05) is 12.1 Å². The number of halogens is 2. The van der Waals surface area contributed by atoms with Crippen molar-refractivity contribution in [3.8, 4) is 0 Å². The van der Waals surface area contributed by atoms with Crippen molar-refractivity contribution in [1.82, 2.24) is 5.43 Å². The molecular formula is C14H15BrFN3. The molecule has 0 aromatic heterocycles. The Labute approximate surface area is 119 Å². The van der Waals surface area contributed by atoms with Crippen LogP contribution in [0.4, 0.5) is 10.1 Å². The first kappa shape index (κ1) is 14.0. The van der Waals surface area contributed by atoms with Crippen molar-refractivity contribution in [2.45, 2.75) is 12.5 Å². The summed E-state index contributed by atoms with van der Waals surface area (Å²) in [7, 11) is 0. The molecule has 0 amide bonds. The average molecular weight is 324 g/mol. The van der Waals surface area contributed by atoms with Gasteiger partial charge in [-0.25, -0.2) is 4.39 Å². The summed E-state index contributed by atoms with van der Waals surface area (Å²) in [5, 5.41) is 0. The van der Waals surface area contributed by atoms with Gasteiger partial charge in [-0.15, -0.1) is 0 Å². The fraction of sp³-hybridized carbons (Fsp3) is 0.143. The van der Waals surface area contributed by atoms with Crippen molar-refractivity contribution < 1.29 is 4.39 Å². The second-order valence-electron chi connectivity index (χ2n) is 4.29. The van der Waals surface area contributed by atoms with E-state index in [-0.39, 0.29) is 11.9 Å². The Morgan fingerprint density at radius 1 is 1.21 bits per heavy atom. The summed E-state index contributed by atoms with van der Waals surface area (Å²) in [6.45, 7) is 0. The number of hydrazine groups is 1. The lowest BCUT2D eigenvalue weighted by molar-refractivity contribution is 0.530. The molecule has 100 valence electrons. The van der Waals surface area contributed by atoms with Crippen LogP contribution in [0.1, 0.15) is 17.2 Å². The van der Waals surface area contributed by atoms with Gasteiger partial charge in [0.15, 0.2) is 0 Å². The molecule has 5 N–H and O–H groups in total. The van der Waals surface area contributed by atoms with Crippen LogP contribution in [0, 0.1) is 5.82 Å². The van der Waals surface area contributed by atoms with E-state index in [4.69, 9.17) is 11.6 Å². The van der Waals surface area contributed by atoms with Crippen molar-refractivity contribution in [3.63, 3.8) is 0 Å². The van der Waals surface area contributed by atoms with Crippen molar-refractivity contribution in [3.05, 3.63) is 63.9 Å². The molecule has 0 aliphatic rings. The average Bonchev–Trinajstić information content (AvgIpc) is 2.41. The minimum Gasteiger partial charge on any atom is -0.398 e. The topological polar surface area (TPSA) is 64.1 Å². The molecule has 0 spiro atoms. The lowest BCUT2D eigenvalue weighted by atomic mass is 9.98. The summed E-state index contributed by atoms with van der Waals surface area (Å²) in [5.41, 5.74) is 10.7. The highest BCUT2D eigenvalue weighted by Gasteiger charge is 2.15. The van der Waals surface area contributed by atoms with Crippen molar-refractivity contribution >= 4 is 21.6 Å². The van der Waals surface area contributed by atoms with Gasteiger partial charge < -0.3 is 5.73 Å². The van der Waals surface area contributed by atoms with Crippen LogP contribution in [0.15, 0.2) is 46.9 Å². The molecule has 0 heterocycles. The second kappa shape index (κ2) is 6.14. The number of rotatable bonds is 4. The molecule has 0 radical (unpaired) electrons. The molecule has 19 heavy (non-hydrogen) atoms. The third kappa shape index (κ3) is 3.32. The maximum absolute atomic E-state index is 13.7. The number of anilines is 1. The molecule has 1 unspecified atom stereocenters. The molecule has 0 bridgehead atoms. The van der Waals surface area contributed by atoms with E-state index in [0.717, 1.165) is 10.0 Å². The highest BCUT2D eigenvalue weighted by molar-refractivity contribution is 9.10. The van der Waals surface area contributed by atoms with Crippen LogP contribution in [0.3, 0.4) is 0 Å². The Kier molecular flexibility index (Phi) is 4.52. The fourth-order valence-corrected chi connectivity index (χ4v) is 2.37. The minimum absolute atomic E-state index is 0.240. The van der Waals surface area contributed by atoms with Gasteiger partial charge in [0.1, 0.15) is 5.82 Å². The van der Waals surface area contributed by atoms with Crippen LogP contribution in [0.25, 0.3) is 0 Å². The zero-order chi connectivity index (χ0) is 13.8. The first-order valence-electron chi connectivity index (χ1n) is 5.86. The smallest absolute Gasteiger partial charge is 0.126 e. The Morgan fingerprint density at radius 3 is 2.63 bits per heavy atom. The number of hydrogen-bond donors (Lipinski definition) is 3. The molecule has 0 aliphatic heterocycles. The third-order valence-corrected chi connectivity index (χ3v) is 3.50. The molecular weight excluding hydrogens is 309 g/mol. The largest absolute Gasteiger partial charge is 0.398 e. The van der Waals surface area contributed by atoms with E-state index in [2.05, 4.69) is 21.4 Å². The van der Waals surface area contributed by atoms with Gasteiger partial charge in [0.2, 0.25) is 0 Å². The normalized spacial score (nSPS) is 12.4. The van der Waals surface area contributed by atoms with E-state index in [9.17, 15) is 4.39 Å². The molecule has 2 aromatic rings. The van der Waals surface area contributed by atoms with Gasteiger partial charge in [-0.1, -0.05) is 34.1 Å². The van der Waals surface area contributed by atoms with Crippen LogP contribution in [0.2, 0.25) is 0 Å². The first-order valence-corrected chi connectivity index (χ1v) is 6.65. The van der Waals surface area contributed by atoms with E-state index < -0.39 is 0 Å². The molecule has 2 aromatic carbocycles. The molecule has 2 rings (SSSR count). The SMILES string of the molecule is NNC(Cc1ccccc1F)c1cc(Br)ccc1N. The van der Waals surface area contributed by atoms with Crippen LogP contribution in [-0.4, -0.2) is 0 Å². The number of hydrogen-bond acceptors (Lipinski definition) is 3. The van der Waals surface area contributed by atoms with Crippen molar-refractivity contribution in [1.29, 1.82) is 0 Å². The molecule has 3 nitrogen and oxygen atoms in total. The van der Waals surface area contributed by atoms with E-state index in [0.29, 0.717) is 17.7 Å². The molecule has 0 aliphatic carbocycles. The quantitative estimate of drug-likeness (QED) is 0.460. The van der Waals surface area contributed by atoms with Gasteiger partial charge in [-0.05, 0) is 41.8 Å². The highest BCUT2D eigenvalue weighted by atomic mass is 79.9. The Balaban J connectivity index is 2.30. The maximum atomic E-state index is 13.7. The van der Waals surface area contributed by atoms with Gasteiger partial charge >= 0.3 is 0 Å². The zero-order valence-electron chi connectivity index (χ0n) is 10.2. The predicted octanol–water partition coefficient (Wildman–Crippen LogP) is 2.92. The third-order valence-electron chi connectivity index (χ3n) is 3.01. The van der Waals surface area contributed by atoms with Crippen LogP contribution in [-0.2, 0) is 6.42 Å². The summed E-state index contributed by atoms with van der Waals surface area (Å²) in [4.78, 5) is 0. The predicted molar refractivity (Wildman–Crippen MR) is 78.7 cm³/mol. The molecule has 1 atom stereocenters. The highest BCUT2D eigenvalue weighted by Crippen LogP contribution is 2.27. The molecule has 0 saturated carbocycles. The summed E-state index contributed by atoms with van der Waals surface area (Å²) in [5.74, 6) is 5.34. The van der Waals surface area contributed by atoms with Gasteiger partial charge in [-0.2, -0.15) is 0 Å². The number of nitrogens with one attached hydrogen (secondary N) is 1. The molecule has 5 heteroatoms. The van der Waals surface area contributed by atoms with Gasteiger partial charge in [0, 0.05) is 10.2 Å². The van der Waals surface area contributed by atoms with Gasteiger partial charge in [0.25, 0.3) is 0 Å². The summed E-state index contributed by atoms with van der Waals surface area (Å²) in [6, 6.07) is 11.9. The molecule has 0 fully saturated rings. The van der Waals surface area contributed by atoms with Gasteiger partial charge in [-0.3, -0.25) is 11.3 Å². The standard InChI is InChI=1S/C14H15BrFN3/c15-10-5-6-13(17)11(8-10)14(19-18)7-9-3-1-2-4-12(9)16/h1-6,8,14,19H,7,17-18H2. The lowest BCUT2D eigenvalue weighted by Gasteiger charge is -2.19. The Bertz CT molecular complexity index is 574. The van der Waals surface area contributed by atoms with Crippen molar-refractivity contribution in [2.24, 2.45) is 5.84 Å². The van der Waals surface area contributed by atoms with Crippen LogP contribution in [0.5, 0.6) is 0 Å². The summed E-state index contributed by atoms with van der Waals surface area (Å²) in [6.07, 6.45) is 0.434. The zero-order valence-corrected chi connectivity index (χ0v) is 11.8. The Morgan fingerprint density at radius 2 is 1.95 bits per heavy atom.